The number of aliphatic hydroxyl groups is 1. The lowest BCUT2D eigenvalue weighted by Gasteiger charge is -2.42. The van der Waals surface area contributed by atoms with Gasteiger partial charge in [-0.15, -0.1) is 0 Å². The number of anilines is 1. The Morgan fingerprint density at radius 2 is 1.51 bits per heavy atom. The minimum Gasteiger partial charge on any atom is -0.396 e. The molecule has 2 N–H and O–H groups in total. The van der Waals surface area contributed by atoms with E-state index in [-0.39, 0.29) is 10.8 Å². The van der Waals surface area contributed by atoms with Crippen molar-refractivity contribution < 1.29 is 5.11 Å². The molecule has 0 amide bonds. The quantitative estimate of drug-likeness (QED) is 0.355. The summed E-state index contributed by atoms with van der Waals surface area (Å²) < 4.78 is 0. The van der Waals surface area contributed by atoms with Crippen molar-refractivity contribution >= 4 is 5.82 Å². The van der Waals surface area contributed by atoms with Crippen molar-refractivity contribution in [2.24, 2.45) is 0 Å². The summed E-state index contributed by atoms with van der Waals surface area (Å²) in [4.78, 5) is 7.55. The van der Waals surface area contributed by atoms with Crippen molar-refractivity contribution in [3.8, 4) is 11.3 Å². The van der Waals surface area contributed by atoms with Gasteiger partial charge in [0.2, 0.25) is 0 Å². The average molecular weight is 510 g/mol. The number of aliphatic hydroxyl groups excluding tert-OH is 1. The highest BCUT2D eigenvalue weighted by atomic mass is 16.2. The van der Waals surface area contributed by atoms with Crippen LogP contribution in [0.3, 0.4) is 0 Å². The topological polar surface area (TPSA) is 48.4 Å². The number of nitrogens with zero attached hydrogens (tertiary/aromatic N) is 2. The first-order valence-corrected chi connectivity index (χ1v) is 15.0. The zero-order chi connectivity index (χ0) is 27.5. The Balaban J connectivity index is 0.00000115. The van der Waals surface area contributed by atoms with E-state index in [0.717, 1.165) is 63.3 Å². The molecule has 2 aromatic rings. The predicted octanol–water partition coefficient (Wildman–Crippen LogP) is 7.87. The molecule has 0 saturated carbocycles. The predicted molar refractivity (Wildman–Crippen MR) is 162 cm³/mol. The Kier molecular flexibility index (Phi) is 12.6. The molecule has 0 radical (unpaired) electrons. The fourth-order valence-electron chi connectivity index (χ4n) is 5.54. The second-order valence-corrected chi connectivity index (χ2v) is 11.4. The number of rotatable bonds is 8. The van der Waals surface area contributed by atoms with E-state index in [1.807, 2.05) is 27.7 Å². The third-order valence-corrected chi connectivity index (χ3v) is 7.97. The fourth-order valence-corrected chi connectivity index (χ4v) is 5.54. The van der Waals surface area contributed by atoms with Crippen molar-refractivity contribution in [2.75, 3.05) is 31.1 Å². The Bertz CT molecular complexity index is 929. The SMILES string of the molecule is CC.CC.CC1(C)CCC(C)(C)c2cc(-c3cccc(N4CCC(NCCCCCO)CC4)n3)ccc21. The second kappa shape index (κ2) is 14.9. The monoisotopic (exact) mass is 509 g/mol. The van der Waals surface area contributed by atoms with E-state index in [1.165, 1.54) is 29.5 Å². The zero-order valence-corrected chi connectivity index (χ0v) is 25.2. The van der Waals surface area contributed by atoms with E-state index < -0.39 is 0 Å². The molecular weight excluding hydrogens is 454 g/mol. The number of aromatic nitrogens is 1. The number of fused-ring (bicyclic) bond motifs is 1. The van der Waals surface area contributed by atoms with Crippen LogP contribution in [-0.2, 0) is 10.8 Å². The molecule has 4 rings (SSSR count). The zero-order valence-electron chi connectivity index (χ0n) is 25.2. The van der Waals surface area contributed by atoms with Crippen LogP contribution in [0.1, 0.15) is 111 Å². The number of hydrogen-bond acceptors (Lipinski definition) is 4. The van der Waals surface area contributed by atoms with Gasteiger partial charge in [0, 0.05) is 31.3 Å². The lowest BCUT2D eigenvalue weighted by atomic mass is 9.63. The van der Waals surface area contributed by atoms with Crippen LogP contribution < -0.4 is 10.2 Å². The minimum atomic E-state index is 0.214. The van der Waals surface area contributed by atoms with E-state index >= 15 is 0 Å². The highest BCUT2D eigenvalue weighted by molar-refractivity contribution is 5.65. The van der Waals surface area contributed by atoms with Gasteiger partial charge >= 0.3 is 0 Å². The van der Waals surface area contributed by atoms with Crippen molar-refractivity contribution in [1.82, 2.24) is 10.3 Å². The summed E-state index contributed by atoms with van der Waals surface area (Å²) in [6.07, 6.45) is 7.97. The van der Waals surface area contributed by atoms with Crippen LogP contribution in [0.15, 0.2) is 36.4 Å². The maximum atomic E-state index is 8.91. The highest BCUT2D eigenvalue weighted by Crippen LogP contribution is 2.46. The van der Waals surface area contributed by atoms with E-state index in [9.17, 15) is 0 Å². The molecule has 1 fully saturated rings. The first-order valence-electron chi connectivity index (χ1n) is 15.0. The first-order chi connectivity index (χ1) is 17.8. The normalized spacial score (nSPS) is 18.1. The lowest BCUT2D eigenvalue weighted by molar-refractivity contribution is 0.282. The van der Waals surface area contributed by atoms with Crippen molar-refractivity contribution in [3.63, 3.8) is 0 Å². The number of pyridine rings is 1. The average Bonchev–Trinajstić information content (AvgIpc) is 2.94. The standard InChI is InChI=1S/C29H43N3O.2C2H6/c1-28(2)15-16-29(3,4)25-21-22(11-12-24(25)28)26-9-8-10-27(31-26)32-18-13-23(14-19-32)30-17-6-5-7-20-33;2*1-2/h8-12,21,23,30,33H,5-7,13-20H2,1-4H3;2*1-2H3. The van der Waals surface area contributed by atoms with Crippen LogP contribution in [-0.4, -0.2) is 42.4 Å². The number of benzene rings is 1. The van der Waals surface area contributed by atoms with Gasteiger partial charge in [-0.05, 0) is 91.6 Å². The largest absolute Gasteiger partial charge is 0.396 e. The maximum absolute atomic E-state index is 8.91. The number of piperidine rings is 1. The Morgan fingerprint density at radius 3 is 2.16 bits per heavy atom. The van der Waals surface area contributed by atoms with Gasteiger partial charge in [-0.3, -0.25) is 0 Å². The molecule has 2 heterocycles. The molecule has 1 aliphatic heterocycles. The van der Waals surface area contributed by atoms with Gasteiger partial charge in [0.15, 0.2) is 0 Å². The minimum absolute atomic E-state index is 0.214. The summed E-state index contributed by atoms with van der Waals surface area (Å²) in [6, 6.07) is 14.1. The third kappa shape index (κ3) is 8.29. The van der Waals surface area contributed by atoms with Crippen LogP contribution in [0.5, 0.6) is 0 Å². The summed E-state index contributed by atoms with van der Waals surface area (Å²) in [7, 11) is 0. The van der Waals surface area contributed by atoms with E-state index in [4.69, 9.17) is 10.1 Å². The number of unbranched alkanes of at least 4 members (excludes halogenated alkanes) is 2. The molecule has 1 aromatic carbocycles. The molecule has 4 nitrogen and oxygen atoms in total. The number of nitrogens with one attached hydrogen (secondary N) is 1. The molecule has 37 heavy (non-hydrogen) atoms. The van der Waals surface area contributed by atoms with E-state index in [1.54, 1.807) is 0 Å². The lowest BCUT2D eigenvalue weighted by Crippen LogP contribution is -2.43. The van der Waals surface area contributed by atoms with Crippen LogP contribution >= 0.6 is 0 Å². The van der Waals surface area contributed by atoms with Crippen LogP contribution in [0.4, 0.5) is 5.82 Å². The van der Waals surface area contributed by atoms with Crippen LogP contribution in [0, 0.1) is 0 Å². The van der Waals surface area contributed by atoms with Crippen LogP contribution in [0.25, 0.3) is 11.3 Å². The van der Waals surface area contributed by atoms with Gasteiger partial charge in [0.1, 0.15) is 5.82 Å². The molecule has 4 heteroatoms. The van der Waals surface area contributed by atoms with Gasteiger partial charge < -0.3 is 15.3 Å². The summed E-state index contributed by atoms with van der Waals surface area (Å²) in [5, 5.41) is 12.6. The van der Waals surface area contributed by atoms with E-state index in [0.29, 0.717) is 12.6 Å². The first kappa shape index (κ1) is 31.3. The van der Waals surface area contributed by atoms with Gasteiger partial charge in [-0.1, -0.05) is 73.6 Å². The van der Waals surface area contributed by atoms with Crippen LogP contribution in [0.2, 0.25) is 0 Å². The molecule has 0 bridgehead atoms. The Labute approximate surface area is 228 Å². The van der Waals surface area contributed by atoms with Crippen molar-refractivity contribution in [2.45, 2.75) is 117 Å². The number of hydrogen-bond donors (Lipinski definition) is 2. The maximum Gasteiger partial charge on any atom is 0.129 e. The van der Waals surface area contributed by atoms with Crippen molar-refractivity contribution in [3.05, 3.63) is 47.5 Å². The summed E-state index contributed by atoms with van der Waals surface area (Å²) in [5.74, 6) is 1.10. The van der Waals surface area contributed by atoms with Crippen molar-refractivity contribution in [1.29, 1.82) is 0 Å². The molecule has 2 aliphatic rings. The smallest absolute Gasteiger partial charge is 0.129 e. The fraction of sp³-hybridized carbons (Fsp3) is 0.667. The van der Waals surface area contributed by atoms with Gasteiger partial charge in [-0.25, -0.2) is 4.98 Å². The molecular formula is C33H55N3O. The van der Waals surface area contributed by atoms with Gasteiger partial charge in [0.25, 0.3) is 0 Å². The molecule has 0 atom stereocenters. The third-order valence-electron chi connectivity index (χ3n) is 7.97. The molecule has 0 unspecified atom stereocenters. The molecule has 1 aromatic heterocycles. The molecule has 1 saturated heterocycles. The molecule has 0 spiro atoms. The second-order valence-electron chi connectivity index (χ2n) is 11.4. The summed E-state index contributed by atoms with van der Waals surface area (Å²) >= 11 is 0. The summed E-state index contributed by atoms with van der Waals surface area (Å²) in [5.41, 5.74) is 5.78. The van der Waals surface area contributed by atoms with E-state index in [2.05, 4.69) is 74.3 Å². The Hall–Kier alpha value is -1.91. The van der Waals surface area contributed by atoms with Gasteiger partial charge in [-0.2, -0.15) is 0 Å². The van der Waals surface area contributed by atoms with Gasteiger partial charge in [0.05, 0.1) is 5.69 Å². The molecule has 208 valence electrons. The molecule has 1 aliphatic carbocycles. The Morgan fingerprint density at radius 1 is 0.865 bits per heavy atom. The highest BCUT2D eigenvalue weighted by Gasteiger charge is 2.37. The summed E-state index contributed by atoms with van der Waals surface area (Å²) in [6.45, 7) is 21.0.